The first-order valence-corrected chi connectivity index (χ1v) is 7.03. The molecule has 0 saturated carbocycles. The lowest BCUT2D eigenvalue weighted by atomic mass is 10.1. The van der Waals surface area contributed by atoms with Gasteiger partial charge in [-0.05, 0) is 37.1 Å². The molecule has 0 heterocycles. The quantitative estimate of drug-likeness (QED) is 0.717. The minimum atomic E-state index is 0.591. The van der Waals surface area contributed by atoms with Crippen LogP contribution in [-0.4, -0.2) is 11.9 Å². The first kappa shape index (κ1) is 13.0. The van der Waals surface area contributed by atoms with Gasteiger partial charge in [-0.15, -0.1) is 0 Å². The van der Waals surface area contributed by atoms with Crippen LogP contribution in [0, 0.1) is 12.8 Å². The highest BCUT2D eigenvalue weighted by molar-refractivity contribution is 9.10. The number of rotatable bonds is 5. The Labute approximate surface area is 108 Å². The van der Waals surface area contributed by atoms with Crippen molar-refractivity contribution in [2.75, 3.05) is 11.9 Å². The minimum Gasteiger partial charge on any atom is -0.493 e. The zero-order chi connectivity index (χ0) is 11.3. The molecule has 0 fully saturated rings. The van der Waals surface area contributed by atoms with E-state index in [-0.39, 0.29) is 0 Å². The number of halogens is 2. The van der Waals surface area contributed by atoms with Crippen LogP contribution in [-0.2, 0) is 0 Å². The molecule has 1 nitrogen and oxygen atoms in total. The van der Waals surface area contributed by atoms with Crippen LogP contribution >= 0.6 is 31.9 Å². The summed E-state index contributed by atoms with van der Waals surface area (Å²) < 4.78 is 6.88. The molecule has 0 radical (unpaired) electrons. The van der Waals surface area contributed by atoms with E-state index in [0.29, 0.717) is 5.92 Å². The van der Waals surface area contributed by atoms with Gasteiger partial charge in [0.25, 0.3) is 0 Å². The summed E-state index contributed by atoms with van der Waals surface area (Å²) in [4.78, 5) is 0. The number of ether oxygens (including phenoxy) is 1. The summed E-state index contributed by atoms with van der Waals surface area (Å²) in [7, 11) is 0. The number of benzene rings is 1. The van der Waals surface area contributed by atoms with E-state index >= 15 is 0 Å². The van der Waals surface area contributed by atoms with Crippen molar-refractivity contribution in [1.82, 2.24) is 0 Å². The van der Waals surface area contributed by atoms with Gasteiger partial charge in [-0.3, -0.25) is 0 Å². The molecule has 0 spiro atoms. The van der Waals surface area contributed by atoms with E-state index in [2.05, 4.69) is 51.8 Å². The van der Waals surface area contributed by atoms with Crippen molar-refractivity contribution in [2.24, 2.45) is 5.92 Å². The van der Waals surface area contributed by atoms with Crippen LogP contribution in [0.1, 0.15) is 18.9 Å². The molecule has 1 unspecified atom stereocenters. The van der Waals surface area contributed by atoms with Gasteiger partial charge in [-0.25, -0.2) is 0 Å². The number of alkyl halides is 1. The molecule has 0 aliphatic rings. The highest BCUT2D eigenvalue weighted by Crippen LogP contribution is 2.23. The third-order valence-electron chi connectivity index (χ3n) is 2.41. The molecule has 0 amide bonds. The molecule has 3 heteroatoms. The van der Waals surface area contributed by atoms with E-state index < -0.39 is 0 Å². The van der Waals surface area contributed by atoms with Crippen molar-refractivity contribution >= 4 is 31.9 Å². The largest absolute Gasteiger partial charge is 0.493 e. The summed E-state index contributed by atoms with van der Waals surface area (Å²) in [6.45, 7) is 5.03. The fourth-order valence-electron chi connectivity index (χ4n) is 1.25. The van der Waals surface area contributed by atoms with Crippen molar-refractivity contribution in [3.05, 3.63) is 28.2 Å². The topological polar surface area (TPSA) is 9.23 Å². The lowest BCUT2D eigenvalue weighted by Gasteiger charge is -2.14. The van der Waals surface area contributed by atoms with Gasteiger partial charge in [-0.2, -0.15) is 0 Å². The number of hydrogen-bond donors (Lipinski definition) is 0. The molecular formula is C12H16Br2O. The van der Waals surface area contributed by atoms with Crippen LogP contribution < -0.4 is 4.74 Å². The van der Waals surface area contributed by atoms with E-state index in [4.69, 9.17) is 4.74 Å². The van der Waals surface area contributed by atoms with E-state index in [1.807, 2.05) is 12.1 Å². The SMILES string of the molecule is CCC(CBr)COc1ccc(Br)cc1C. The monoisotopic (exact) mass is 334 g/mol. The molecule has 1 rings (SSSR count). The zero-order valence-electron chi connectivity index (χ0n) is 9.09. The Hall–Kier alpha value is -0.0200. The van der Waals surface area contributed by atoms with Crippen LogP contribution in [0.25, 0.3) is 0 Å². The highest BCUT2D eigenvalue weighted by atomic mass is 79.9. The molecule has 1 aromatic rings. The van der Waals surface area contributed by atoms with Gasteiger partial charge in [0.2, 0.25) is 0 Å². The Morgan fingerprint density at radius 2 is 2.13 bits per heavy atom. The fraction of sp³-hybridized carbons (Fsp3) is 0.500. The van der Waals surface area contributed by atoms with Gasteiger partial charge >= 0.3 is 0 Å². The average molecular weight is 336 g/mol. The maximum Gasteiger partial charge on any atom is 0.122 e. The van der Waals surface area contributed by atoms with Crippen LogP contribution in [0.5, 0.6) is 5.75 Å². The molecule has 0 saturated heterocycles. The average Bonchev–Trinajstić information content (AvgIpc) is 2.22. The Kier molecular flexibility index (Phi) is 5.69. The van der Waals surface area contributed by atoms with Crippen molar-refractivity contribution in [3.8, 4) is 5.75 Å². The molecule has 84 valence electrons. The smallest absolute Gasteiger partial charge is 0.122 e. The Bertz CT molecular complexity index is 308. The molecule has 0 aliphatic carbocycles. The number of aryl methyl sites for hydroxylation is 1. The molecule has 1 aromatic carbocycles. The summed E-state index contributed by atoms with van der Waals surface area (Å²) in [5, 5.41) is 0.999. The van der Waals surface area contributed by atoms with Crippen LogP contribution in [0.3, 0.4) is 0 Å². The van der Waals surface area contributed by atoms with Gasteiger partial charge in [0.1, 0.15) is 5.75 Å². The number of hydrogen-bond acceptors (Lipinski definition) is 1. The van der Waals surface area contributed by atoms with Gasteiger partial charge in [0, 0.05) is 15.7 Å². The molecule has 0 aliphatic heterocycles. The third kappa shape index (κ3) is 4.15. The molecule has 0 N–H and O–H groups in total. The van der Waals surface area contributed by atoms with E-state index in [9.17, 15) is 0 Å². The van der Waals surface area contributed by atoms with E-state index in [1.54, 1.807) is 0 Å². The molecule has 1 atom stereocenters. The summed E-state index contributed by atoms with van der Waals surface area (Å²) >= 11 is 6.93. The molecule has 0 aromatic heterocycles. The second-order valence-corrected chi connectivity index (χ2v) is 5.21. The first-order chi connectivity index (χ1) is 7.17. The third-order valence-corrected chi connectivity index (χ3v) is 3.82. The summed E-state index contributed by atoms with van der Waals surface area (Å²) in [6, 6.07) is 6.10. The second-order valence-electron chi connectivity index (χ2n) is 3.65. The second kappa shape index (κ2) is 6.54. The van der Waals surface area contributed by atoms with Gasteiger partial charge < -0.3 is 4.74 Å². The standard InChI is InChI=1S/C12H16Br2O/c1-3-10(7-13)8-15-12-5-4-11(14)6-9(12)2/h4-6,10H,3,7-8H2,1-2H3. The van der Waals surface area contributed by atoms with Gasteiger partial charge in [0.05, 0.1) is 6.61 Å². The predicted octanol–water partition coefficient (Wildman–Crippen LogP) is 4.56. The van der Waals surface area contributed by atoms with Crippen molar-refractivity contribution < 1.29 is 4.74 Å². The summed E-state index contributed by atoms with van der Waals surface area (Å²) in [6.07, 6.45) is 1.14. The van der Waals surface area contributed by atoms with Crippen molar-refractivity contribution in [3.63, 3.8) is 0 Å². The molecule has 0 bridgehead atoms. The lowest BCUT2D eigenvalue weighted by molar-refractivity contribution is 0.258. The van der Waals surface area contributed by atoms with Gasteiger partial charge in [0.15, 0.2) is 0 Å². The molecule has 15 heavy (non-hydrogen) atoms. The van der Waals surface area contributed by atoms with Crippen LogP contribution in [0.2, 0.25) is 0 Å². The summed E-state index contributed by atoms with van der Waals surface area (Å²) in [5.41, 5.74) is 1.17. The predicted molar refractivity (Wildman–Crippen MR) is 71.9 cm³/mol. The minimum absolute atomic E-state index is 0.591. The van der Waals surface area contributed by atoms with E-state index in [1.165, 1.54) is 5.56 Å². The normalized spacial score (nSPS) is 12.5. The Morgan fingerprint density at radius 1 is 1.40 bits per heavy atom. The van der Waals surface area contributed by atoms with Crippen LogP contribution in [0.15, 0.2) is 22.7 Å². The highest BCUT2D eigenvalue weighted by Gasteiger charge is 2.06. The van der Waals surface area contributed by atoms with Gasteiger partial charge in [-0.1, -0.05) is 38.8 Å². The van der Waals surface area contributed by atoms with Crippen molar-refractivity contribution in [2.45, 2.75) is 20.3 Å². The maximum absolute atomic E-state index is 5.78. The molecular weight excluding hydrogens is 320 g/mol. The van der Waals surface area contributed by atoms with E-state index in [0.717, 1.165) is 28.6 Å². The van der Waals surface area contributed by atoms with Crippen molar-refractivity contribution in [1.29, 1.82) is 0 Å². The lowest BCUT2D eigenvalue weighted by Crippen LogP contribution is -2.12. The van der Waals surface area contributed by atoms with Crippen LogP contribution in [0.4, 0.5) is 0 Å². The Balaban J connectivity index is 2.57. The summed E-state index contributed by atoms with van der Waals surface area (Å²) in [5.74, 6) is 1.57. The Morgan fingerprint density at radius 3 is 2.67 bits per heavy atom. The zero-order valence-corrected chi connectivity index (χ0v) is 12.3. The maximum atomic E-state index is 5.78. The first-order valence-electron chi connectivity index (χ1n) is 5.12. The fourth-order valence-corrected chi connectivity index (χ4v) is 2.37.